The summed E-state index contributed by atoms with van der Waals surface area (Å²) in [6.45, 7) is 0. The van der Waals surface area contributed by atoms with E-state index in [0.29, 0.717) is 0 Å². The number of carbonyl (C=O) groups is 1. The summed E-state index contributed by atoms with van der Waals surface area (Å²) in [5.74, 6) is -0.227. The van der Waals surface area contributed by atoms with Crippen molar-refractivity contribution in [1.82, 2.24) is 5.73 Å². The van der Waals surface area contributed by atoms with Gasteiger partial charge in [-0.3, -0.25) is 10.5 Å². The smallest absolute Gasteiger partial charge is 0.248 e. The largest absolute Gasteiger partial charge is 0.508 e. The molecule has 4 heteroatoms. The van der Waals surface area contributed by atoms with Crippen molar-refractivity contribution >= 4 is 17.7 Å². The quantitative estimate of drug-likeness (QED) is 0.716. The molecule has 0 bridgehead atoms. The Morgan fingerprint density at radius 2 is 2.00 bits per heavy atom. The molecule has 0 unspecified atom stereocenters. The van der Waals surface area contributed by atoms with Crippen LogP contribution in [0.4, 0.5) is 0 Å². The van der Waals surface area contributed by atoms with Gasteiger partial charge in [0.25, 0.3) is 0 Å². The SMILES string of the molecule is [NH]C(=O)CSc1ccc(O)cc1. The Hall–Kier alpha value is -1.16. The van der Waals surface area contributed by atoms with Gasteiger partial charge in [0.15, 0.2) is 0 Å². The van der Waals surface area contributed by atoms with E-state index in [2.05, 4.69) is 0 Å². The Kier molecular flexibility index (Phi) is 2.99. The van der Waals surface area contributed by atoms with Crippen LogP contribution >= 0.6 is 11.8 Å². The van der Waals surface area contributed by atoms with Gasteiger partial charge in [-0.1, -0.05) is 0 Å². The second-order valence-corrected chi connectivity index (χ2v) is 3.25. The van der Waals surface area contributed by atoms with Crippen molar-refractivity contribution in [3.05, 3.63) is 24.3 Å². The summed E-state index contributed by atoms with van der Waals surface area (Å²) >= 11 is 1.29. The predicted octanol–water partition coefficient (Wildman–Crippen LogP) is 1.29. The molecule has 0 aliphatic rings. The van der Waals surface area contributed by atoms with E-state index in [1.807, 2.05) is 0 Å². The molecule has 1 radical (unpaired) electrons. The Morgan fingerprint density at radius 1 is 1.42 bits per heavy atom. The molecular weight excluding hydrogens is 174 g/mol. The molecule has 0 aliphatic carbocycles. The number of aromatic hydroxyl groups is 1. The van der Waals surface area contributed by atoms with Gasteiger partial charge >= 0.3 is 0 Å². The van der Waals surface area contributed by atoms with Crippen molar-refractivity contribution in [2.24, 2.45) is 0 Å². The zero-order valence-corrected chi connectivity index (χ0v) is 7.10. The van der Waals surface area contributed by atoms with Gasteiger partial charge in [-0.15, -0.1) is 11.8 Å². The molecule has 0 atom stereocenters. The number of rotatable bonds is 3. The van der Waals surface area contributed by atoms with E-state index in [1.54, 1.807) is 24.3 Å². The van der Waals surface area contributed by atoms with Crippen LogP contribution in [0.1, 0.15) is 0 Å². The van der Waals surface area contributed by atoms with Gasteiger partial charge in [0.2, 0.25) is 5.91 Å². The van der Waals surface area contributed by atoms with Gasteiger partial charge in [0.05, 0.1) is 5.75 Å². The molecule has 63 valence electrons. The van der Waals surface area contributed by atoms with Gasteiger partial charge in [0.1, 0.15) is 5.75 Å². The van der Waals surface area contributed by atoms with Crippen molar-refractivity contribution < 1.29 is 9.90 Å². The number of hydrogen-bond donors (Lipinski definition) is 1. The number of carbonyl (C=O) groups excluding carboxylic acids is 1. The lowest BCUT2D eigenvalue weighted by Gasteiger charge is -1.97. The zero-order valence-electron chi connectivity index (χ0n) is 6.28. The fourth-order valence-electron chi connectivity index (χ4n) is 0.691. The Morgan fingerprint density at radius 3 is 2.50 bits per heavy atom. The fourth-order valence-corrected chi connectivity index (χ4v) is 1.32. The average Bonchev–Trinajstić information content (AvgIpc) is 2.03. The molecule has 0 fully saturated rings. The summed E-state index contributed by atoms with van der Waals surface area (Å²) < 4.78 is 0. The van der Waals surface area contributed by atoms with Gasteiger partial charge < -0.3 is 5.11 Å². The van der Waals surface area contributed by atoms with Crippen LogP contribution in [0, 0.1) is 0 Å². The average molecular weight is 182 g/mol. The van der Waals surface area contributed by atoms with Crippen LogP contribution in [-0.2, 0) is 4.79 Å². The first kappa shape index (κ1) is 8.93. The van der Waals surface area contributed by atoms with Crippen LogP contribution in [0.15, 0.2) is 29.2 Å². The van der Waals surface area contributed by atoms with E-state index in [4.69, 9.17) is 10.8 Å². The summed E-state index contributed by atoms with van der Waals surface area (Å²) in [5, 5.41) is 8.92. The summed E-state index contributed by atoms with van der Waals surface area (Å²) in [7, 11) is 0. The molecule has 0 aromatic heterocycles. The maximum atomic E-state index is 10.3. The maximum Gasteiger partial charge on any atom is 0.248 e. The van der Waals surface area contributed by atoms with Crippen LogP contribution in [0.2, 0.25) is 0 Å². The van der Waals surface area contributed by atoms with Gasteiger partial charge in [-0.25, -0.2) is 0 Å². The normalized spacial score (nSPS) is 9.67. The molecule has 0 spiro atoms. The molecule has 12 heavy (non-hydrogen) atoms. The van der Waals surface area contributed by atoms with Crippen molar-refractivity contribution in [2.45, 2.75) is 4.90 Å². The second kappa shape index (κ2) is 4.01. The summed E-state index contributed by atoms with van der Waals surface area (Å²) in [4.78, 5) is 11.2. The van der Waals surface area contributed by atoms with Crippen molar-refractivity contribution in [1.29, 1.82) is 0 Å². The van der Waals surface area contributed by atoms with E-state index in [1.165, 1.54) is 11.8 Å². The third-order valence-electron chi connectivity index (χ3n) is 1.21. The highest BCUT2D eigenvalue weighted by Gasteiger charge is 1.97. The molecule has 1 aromatic rings. The summed E-state index contributed by atoms with van der Waals surface area (Å²) in [6.07, 6.45) is 0. The number of amides is 1. The lowest BCUT2D eigenvalue weighted by molar-refractivity contribution is -0.116. The highest BCUT2D eigenvalue weighted by atomic mass is 32.2. The van der Waals surface area contributed by atoms with Gasteiger partial charge in [-0.05, 0) is 24.3 Å². The standard InChI is InChI=1S/C8H8NO2S/c9-8(11)5-12-7-3-1-6(10)2-4-7/h1-4,9-10H,5H2. The highest BCUT2D eigenvalue weighted by Crippen LogP contribution is 2.19. The predicted molar refractivity (Wildman–Crippen MR) is 46.9 cm³/mol. The lowest BCUT2D eigenvalue weighted by atomic mass is 10.3. The molecule has 0 saturated heterocycles. The van der Waals surface area contributed by atoms with E-state index < -0.39 is 5.91 Å². The van der Waals surface area contributed by atoms with Crippen LogP contribution in [0.5, 0.6) is 5.75 Å². The second-order valence-electron chi connectivity index (χ2n) is 2.21. The first-order chi connectivity index (χ1) is 5.68. The zero-order chi connectivity index (χ0) is 8.97. The molecule has 1 amide bonds. The highest BCUT2D eigenvalue weighted by molar-refractivity contribution is 8.00. The number of thioether (sulfide) groups is 1. The van der Waals surface area contributed by atoms with E-state index in [0.717, 1.165) is 4.90 Å². The minimum atomic E-state index is -0.590. The maximum absolute atomic E-state index is 10.3. The first-order valence-corrected chi connectivity index (χ1v) is 4.33. The number of phenolic OH excluding ortho intramolecular Hbond substituents is 1. The van der Waals surface area contributed by atoms with Crippen molar-refractivity contribution in [2.75, 3.05) is 5.75 Å². The third-order valence-corrected chi connectivity index (χ3v) is 2.22. The third kappa shape index (κ3) is 2.84. The number of nitrogens with one attached hydrogen (secondary N) is 1. The van der Waals surface area contributed by atoms with E-state index >= 15 is 0 Å². The van der Waals surface area contributed by atoms with Gasteiger partial charge in [-0.2, -0.15) is 0 Å². The number of benzene rings is 1. The molecule has 1 rings (SSSR count). The van der Waals surface area contributed by atoms with Crippen molar-refractivity contribution in [3.8, 4) is 5.75 Å². The Bertz CT molecular complexity index is 271. The van der Waals surface area contributed by atoms with E-state index in [9.17, 15) is 4.79 Å². The molecule has 0 saturated carbocycles. The molecule has 3 nitrogen and oxygen atoms in total. The number of phenols is 1. The van der Waals surface area contributed by atoms with Crippen LogP contribution in [-0.4, -0.2) is 16.8 Å². The minimum absolute atomic E-state index is 0.158. The summed E-state index contributed by atoms with van der Waals surface area (Å²) in [5.41, 5.74) is 6.66. The molecule has 0 aliphatic heterocycles. The van der Waals surface area contributed by atoms with Gasteiger partial charge in [0, 0.05) is 4.90 Å². The monoisotopic (exact) mass is 182 g/mol. The van der Waals surface area contributed by atoms with Crippen LogP contribution in [0.25, 0.3) is 0 Å². The van der Waals surface area contributed by atoms with Crippen LogP contribution in [0.3, 0.4) is 0 Å². The van der Waals surface area contributed by atoms with Crippen molar-refractivity contribution in [3.63, 3.8) is 0 Å². The molecule has 1 aromatic carbocycles. The summed E-state index contributed by atoms with van der Waals surface area (Å²) in [6, 6.07) is 6.53. The minimum Gasteiger partial charge on any atom is -0.508 e. The Labute approximate surface area is 74.6 Å². The Balaban J connectivity index is 2.53. The van der Waals surface area contributed by atoms with Crippen LogP contribution < -0.4 is 5.73 Å². The van der Waals surface area contributed by atoms with E-state index in [-0.39, 0.29) is 11.5 Å². The fraction of sp³-hybridized carbons (Fsp3) is 0.125. The molecule has 0 heterocycles. The number of hydrogen-bond acceptors (Lipinski definition) is 3. The first-order valence-electron chi connectivity index (χ1n) is 3.35. The lowest BCUT2D eigenvalue weighted by Crippen LogP contribution is -1.99. The molecule has 2 N–H and O–H groups in total. The topological polar surface area (TPSA) is 61.1 Å². The molecular formula is C8H8NO2S.